The molecule has 0 radical (unpaired) electrons. The van der Waals surface area contributed by atoms with Crippen LogP contribution in [0.5, 0.6) is 0 Å². The molecule has 3 heteroatoms. The van der Waals surface area contributed by atoms with Crippen LogP contribution in [0.15, 0.2) is 146 Å². The number of fused-ring (bicyclic) bond motifs is 6. The molecule has 71 heavy (non-hydrogen) atoms. The van der Waals surface area contributed by atoms with E-state index in [-0.39, 0.29) is 44.6 Å². The lowest BCUT2D eigenvalue weighted by Gasteiger charge is -2.48. The quantitative estimate of drug-likeness (QED) is 0.153. The van der Waals surface area contributed by atoms with Crippen molar-refractivity contribution in [2.45, 2.75) is 167 Å². The van der Waals surface area contributed by atoms with Crippen LogP contribution in [0, 0.1) is 0 Å². The Bertz CT molecular complexity index is 3230. The summed E-state index contributed by atoms with van der Waals surface area (Å²) < 4.78 is 0. The summed E-state index contributed by atoms with van der Waals surface area (Å²) in [4.78, 5) is 5.36. The predicted octanol–water partition coefficient (Wildman–Crippen LogP) is 16.4. The Morgan fingerprint density at radius 2 is 0.775 bits per heavy atom. The number of hydrogen-bond acceptors (Lipinski definition) is 2. The van der Waals surface area contributed by atoms with Crippen LogP contribution in [0.1, 0.15) is 180 Å². The summed E-state index contributed by atoms with van der Waals surface area (Å²) >= 11 is 0. The maximum atomic E-state index is 2.72. The van der Waals surface area contributed by atoms with Gasteiger partial charge in [0.1, 0.15) is 0 Å². The van der Waals surface area contributed by atoms with E-state index in [0.29, 0.717) is 0 Å². The molecule has 0 spiro atoms. The minimum absolute atomic E-state index is 0.00784. The third kappa shape index (κ3) is 7.48. The molecule has 0 aromatic heterocycles. The minimum Gasteiger partial charge on any atom is -0.311 e. The highest BCUT2D eigenvalue weighted by Crippen LogP contribution is 2.53. The van der Waals surface area contributed by atoms with Gasteiger partial charge < -0.3 is 9.80 Å². The average Bonchev–Trinajstić information content (AvgIpc) is 3.34. The molecule has 2 heterocycles. The molecule has 2 aliphatic heterocycles. The zero-order valence-corrected chi connectivity index (χ0v) is 45.7. The van der Waals surface area contributed by atoms with Crippen molar-refractivity contribution in [3.63, 3.8) is 0 Å². The van der Waals surface area contributed by atoms with Gasteiger partial charge in [-0.3, -0.25) is 0 Å². The summed E-state index contributed by atoms with van der Waals surface area (Å²) in [5, 5.41) is 0. The van der Waals surface area contributed by atoms with Gasteiger partial charge in [-0.2, -0.15) is 0 Å². The monoisotopic (exact) mass is 933 g/mol. The molecule has 0 N–H and O–H groups in total. The van der Waals surface area contributed by atoms with Crippen molar-refractivity contribution in [2.24, 2.45) is 0 Å². The molecule has 0 atom stereocenters. The van der Waals surface area contributed by atoms with Gasteiger partial charge in [-0.25, -0.2) is 0 Å². The summed E-state index contributed by atoms with van der Waals surface area (Å²) in [5.74, 6) is 0. The molecule has 2 aliphatic carbocycles. The SMILES string of the molecule is CC(C)(C)c1cc2c3c(c1)N(c1ccc4c(c1)C(C)(C)CCC4(C)C)c1cc4c(cc1B3c1cc(C(C)(C)c3ccccc3)ccc1N2c1ccc(C(C)(C)c2ccccc2)cc1)C(C)(C)CCC4(C)C. The Morgan fingerprint density at radius 3 is 1.31 bits per heavy atom. The van der Waals surface area contributed by atoms with E-state index in [1.807, 2.05) is 0 Å². The lowest BCUT2D eigenvalue weighted by molar-refractivity contribution is 0.332. The van der Waals surface area contributed by atoms with E-state index in [1.165, 1.54) is 126 Å². The van der Waals surface area contributed by atoms with Crippen LogP contribution in [-0.2, 0) is 37.9 Å². The first-order chi connectivity index (χ1) is 33.3. The number of benzene rings is 7. The molecule has 0 unspecified atom stereocenters. The third-order valence-electron chi connectivity index (χ3n) is 18.6. The van der Waals surface area contributed by atoms with Gasteiger partial charge in [-0.1, -0.05) is 201 Å². The van der Waals surface area contributed by atoms with Crippen LogP contribution in [0.4, 0.5) is 34.1 Å². The van der Waals surface area contributed by atoms with Crippen LogP contribution in [0.3, 0.4) is 0 Å². The van der Waals surface area contributed by atoms with Crippen LogP contribution >= 0.6 is 0 Å². The van der Waals surface area contributed by atoms with E-state index in [9.17, 15) is 0 Å². The van der Waals surface area contributed by atoms with Gasteiger partial charge in [-0.15, -0.1) is 0 Å². The molecule has 2 nitrogen and oxygen atoms in total. The highest BCUT2D eigenvalue weighted by Gasteiger charge is 2.48. The highest BCUT2D eigenvalue weighted by atomic mass is 15.2. The van der Waals surface area contributed by atoms with Crippen molar-refractivity contribution in [3.05, 3.63) is 196 Å². The standard InChI is InChI=1S/C68H77BN2/c1-62(2,3)48-39-59-61-60(40-48)71(50-31-32-51-52(41-50)64(6,7)35-34-63(51,4)5)58-43-54-53(65(8,9)36-37-66(54,10)11)42-56(58)69(61)55-38-47(68(14,15)45-24-20-17-21-25-45)28-33-57(55)70(59)49-29-26-46(27-30-49)67(12,13)44-22-18-16-19-23-44/h16-33,38-43H,34-37H2,1-15H3. The van der Waals surface area contributed by atoms with Crippen molar-refractivity contribution in [1.29, 1.82) is 0 Å². The largest absolute Gasteiger partial charge is 0.311 e. The summed E-state index contributed by atoms with van der Waals surface area (Å²) in [6.45, 7) is 36.5. The van der Waals surface area contributed by atoms with E-state index < -0.39 is 0 Å². The first-order valence-corrected chi connectivity index (χ1v) is 26.8. The van der Waals surface area contributed by atoms with Crippen LogP contribution in [0.25, 0.3) is 0 Å². The van der Waals surface area contributed by atoms with Crippen molar-refractivity contribution < 1.29 is 0 Å². The molecule has 4 aliphatic rings. The topological polar surface area (TPSA) is 6.48 Å². The number of hydrogen-bond donors (Lipinski definition) is 0. The van der Waals surface area contributed by atoms with Gasteiger partial charge in [0.15, 0.2) is 0 Å². The maximum Gasteiger partial charge on any atom is 0.252 e. The summed E-state index contributed by atoms with van der Waals surface area (Å²) in [7, 11) is 0. The molecular formula is C68H77BN2. The molecule has 0 bridgehead atoms. The maximum absolute atomic E-state index is 2.72. The smallest absolute Gasteiger partial charge is 0.252 e. The molecule has 0 fully saturated rings. The molecule has 7 aromatic rings. The molecule has 0 amide bonds. The van der Waals surface area contributed by atoms with Crippen LogP contribution in [-0.4, -0.2) is 6.71 Å². The van der Waals surface area contributed by atoms with E-state index >= 15 is 0 Å². The molecule has 0 saturated carbocycles. The lowest BCUT2D eigenvalue weighted by atomic mass is 9.32. The summed E-state index contributed by atoms with van der Waals surface area (Å²) in [6.07, 6.45) is 4.71. The number of anilines is 6. The van der Waals surface area contributed by atoms with Gasteiger partial charge in [0.25, 0.3) is 6.71 Å². The van der Waals surface area contributed by atoms with E-state index in [2.05, 4.69) is 259 Å². The fourth-order valence-corrected chi connectivity index (χ4v) is 13.2. The zero-order valence-electron chi connectivity index (χ0n) is 45.7. The Kier molecular flexibility index (Phi) is 10.6. The van der Waals surface area contributed by atoms with Crippen molar-refractivity contribution in [2.75, 3.05) is 9.80 Å². The average molecular weight is 933 g/mol. The first-order valence-electron chi connectivity index (χ1n) is 26.8. The molecule has 11 rings (SSSR count). The number of rotatable bonds is 6. The normalized spacial score (nSPS) is 18.2. The van der Waals surface area contributed by atoms with Crippen molar-refractivity contribution in [1.82, 2.24) is 0 Å². The third-order valence-corrected chi connectivity index (χ3v) is 18.6. The lowest BCUT2D eigenvalue weighted by Crippen LogP contribution is -2.62. The predicted molar refractivity (Wildman–Crippen MR) is 307 cm³/mol. The Hall–Kier alpha value is -5.80. The second-order valence-corrected chi connectivity index (χ2v) is 26.8. The minimum atomic E-state index is -0.222. The van der Waals surface area contributed by atoms with Crippen molar-refractivity contribution >= 4 is 57.2 Å². The zero-order chi connectivity index (χ0) is 50.4. The van der Waals surface area contributed by atoms with Crippen LogP contribution in [0.2, 0.25) is 0 Å². The van der Waals surface area contributed by atoms with Crippen LogP contribution < -0.4 is 26.2 Å². The molecule has 362 valence electrons. The van der Waals surface area contributed by atoms with Gasteiger partial charge >= 0.3 is 0 Å². The Morgan fingerprint density at radius 1 is 0.352 bits per heavy atom. The molecule has 7 aromatic carbocycles. The Balaban J connectivity index is 1.24. The second-order valence-electron chi connectivity index (χ2n) is 26.8. The highest BCUT2D eigenvalue weighted by molar-refractivity contribution is 7.00. The van der Waals surface area contributed by atoms with Crippen molar-refractivity contribution in [3.8, 4) is 0 Å². The first kappa shape index (κ1) is 47.5. The van der Waals surface area contributed by atoms with E-state index in [4.69, 9.17) is 0 Å². The van der Waals surface area contributed by atoms with Gasteiger partial charge in [0, 0.05) is 45.0 Å². The van der Waals surface area contributed by atoms with E-state index in [0.717, 1.165) is 0 Å². The number of nitrogens with zero attached hydrogens (tertiary/aromatic N) is 2. The fourth-order valence-electron chi connectivity index (χ4n) is 13.2. The summed E-state index contributed by atoms with van der Waals surface area (Å²) in [6, 6.07) is 57.2. The van der Waals surface area contributed by atoms with Gasteiger partial charge in [0.2, 0.25) is 0 Å². The van der Waals surface area contributed by atoms with Gasteiger partial charge in [-0.05, 0) is 168 Å². The second kappa shape index (κ2) is 15.9. The molecular weight excluding hydrogens is 856 g/mol. The fraction of sp³-hybridized carbons (Fsp3) is 0.382. The molecule has 0 saturated heterocycles. The van der Waals surface area contributed by atoms with Gasteiger partial charge in [0.05, 0.1) is 0 Å². The Labute approximate surface area is 428 Å². The van der Waals surface area contributed by atoms with E-state index in [1.54, 1.807) is 0 Å². The summed E-state index contributed by atoms with van der Waals surface area (Å²) in [5.41, 5.74) is 24.2.